The van der Waals surface area contributed by atoms with Gasteiger partial charge in [-0.15, -0.1) is 0 Å². The van der Waals surface area contributed by atoms with Crippen LogP contribution in [0.4, 0.5) is 4.79 Å². The Hall–Kier alpha value is -2.89. The molecule has 2 aromatic rings. The van der Waals surface area contributed by atoms with Crippen LogP contribution in [-0.2, 0) is 0 Å². The monoisotopic (exact) mass is 384 g/mol. The molecule has 0 radical (unpaired) electrons. The SMILES string of the molecule is COc1ccc(C)cc1C(C)NC(=O)NC(C)c1ccc2c(c1)OCCCO2. The maximum atomic E-state index is 12.5. The van der Waals surface area contributed by atoms with E-state index in [1.807, 2.05) is 57.2 Å². The first kappa shape index (κ1) is 19.9. The molecule has 0 saturated heterocycles. The summed E-state index contributed by atoms with van der Waals surface area (Å²) in [5.74, 6) is 2.23. The molecule has 0 spiro atoms. The predicted octanol–water partition coefficient (Wildman–Crippen LogP) is 4.29. The Labute approximate surface area is 166 Å². The van der Waals surface area contributed by atoms with Gasteiger partial charge in [0.25, 0.3) is 0 Å². The number of urea groups is 1. The standard InChI is InChI=1S/C22H28N2O4/c1-14-6-8-19(26-4)18(12-14)16(3)24-22(25)23-15(2)17-7-9-20-21(13-17)28-11-5-10-27-20/h6-9,12-13,15-16H,5,10-11H2,1-4H3,(H2,23,24,25). The van der Waals surface area contributed by atoms with Crippen molar-refractivity contribution in [3.63, 3.8) is 0 Å². The van der Waals surface area contributed by atoms with E-state index < -0.39 is 0 Å². The molecule has 6 nitrogen and oxygen atoms in total. The Bertz CT molecular complexity index is 837. The summed E-state index contributed by atoms with van der Waals surface area (Å²) in [6.45, 7) is 7.19. The summed E-state index contributed by atoms with van der Waals surface area (Å²) in [5, 5.41) is 5.97. The molecule has 2 atom stereocenters. The zero-order chi connectivity index (χ0) is 20.1. The van der Waals surface area contributed by atoms with Gasteiger partial charge in [-0.1, -0.05) is 23.8 Å². The van der Waals surface area contributed by atoms with E-state index in [2.05, 4.69) is 10.6 Å². The van der Waals surface area contributed by atoms with Crippen molar-refractivity contribution in [1.82, 2.24) is 10.6 Å². The highest BCUT2D eigenvalue weighted by Crippen LogP contribution is 2.32. The molecular formula is C22H28N2O4. The third kappa shape index (κ3) is 4.68. The van der Waals surface area contributed by atoms with Gasteiger partial charge in [0.15, 0.2) is 11.5 Å². The van der Waals surface area contributed by atoms with Gasteiger partial charge in [0.1, 0.15) is 5.75 Å². The van der Waals surface area contributed by atoms with Crippen LogP contribution in [0, 0.1) is 6.92 Å². The van der Waals surface area contributed by atoms with E-state index in [0.717, 1.165) is 40.4 Å². The molecule has 0 aromatic heterocycles. The number of ether oxygens (including phenoxy) is 3. The van der Waals surface area contributed by atoms with Crippen LogP contribution in [0.3, 0.4) is 0 Å². The smallest absolute Gasteiger partial charge is 0.315 e. The molecule has 1 aliphatic rings. The largest absolute Gasteiger partial charge is 0.496 e. The van der Waals surface area contributed by atoms with Gasteiger partial charge >= 0.3 is 6.03 Å². The van der Waals surface area contributed by atoms with Crippen LogP contribution >= 0.6 is 0 Å². The quantitative estimate of drug-likeness (QED) is 0.807. The molecule has 28 heavy (non-hydrogen) atoms. The van der Waals surface area contributed by atoms with Gasteiger partial charge in [0.2, 0.25) is 0 Å². The lowest BCUT2D eigenvalue weighted by atomic mass is 10.0. The third-order valence-corrected chi connectivity index (χ3v) is 4.82. The molecule has 0 saturated carbocycles. The number of aryl methyl sites for hydroxylation is 1. The van der Waals surface area contributed by atoms with E-state index in [1.54, 1.807) is 7.11 Å². The van der Waals surface area contributed by atoms with Gasteiger partial charge in [-0.05, 0) is 44.5 Å². The zero-order valence-corrected chi connectivity index (χ0v) is 16.9. The number of rotatable bonds is 5. The lowest BCUT2D eigenvalue weighted by molar-refractivity contribution is 0.234. The normalized spacial score (nSPS) is 15.1. The first-order chi connectivity index (χ1) is 13.5. The van der Waals surface area contributed by atoms with E-state index in [-0.39, 0.29) is 18.1 Å². The summed E-state index contributed by atoms with van der Waals surface area (Å²) in [6, 6.07) is 11.1. The fourth-order valence-electron chi connectivity index (χ4n) is 3.24. The predicted molar refractivity (Wildman–Crippen MR) is 108 cm³/mol. The van der Waals surface area contributed by atoms with E-state index in [4.69, 9.17) is 14.2 Å². The second-order valence-electron chi connectivity index (χ2n) is 7.06. The number of benzene rings is 2. The highest BCUT2D eigenvalue weighted by molar-refractivity contribution is 5.75. The van der Waals surface area contributed by atoms with Crippen LogP contribution in [0.2, 0.25) is 0 Å². The van der Waals surface area contributed by atoms with Crippen molar-refractivity contribution in [3.8, 4) is 17.2 Å². The minimum Gasteiger partial charge on any atom is -0.496 e. The highest BCUT2D eigenvalue weighted by atomic mass is 16.5. The van der Waals surface area contributed by atoms with Crippen molar-refractivity contribution in [2.24, 2.45) is 0 Å². The van der Waals surface area contributed by atoms with Crippen molar-refractivity contribution < 1.29 is 19.0 Å². The molecule has 150 valence electrons. The molecule has 1 aliphatic heterocycles. The summed E-state index contributed by atoms with van der Waals surface area (Å²) in [5.41, 5.74) is 3.02. The first-order valence-corrected chi connectivity index (χ1v) is 9.59. The van der Waals surface area contributed by atoms with Gasteiger partial charge < -0.3 is 24.8 Å². The second kappa shape index (κ2) is 8.87. The topological polar surface area (TPSA) is 68.8 Å². The van der Waals surface area contributed by atoms with Crippen molar-refractivity contribution in [3.05, 3.63) is 53.1 Å². The Morgan fingerprint density at radius 2 is 1.71 bits per heavy atom. The minimum atomic E-state index is -0.240. The van der Waals surface area contributed by atoms with Gasteiger partial charge in [0, 0.05) is 12.0 Å². The Morgan fingerprint density at radius 3 is 2.46 bits per heavy atom. The van der Waals surface area contributed by atoms with E-state index >= 15 is 0 Å². The Morgan fingerprint density at radius 1 is 1.00 bits per heavy atom. The third-order valence-electron chi connectivity index (χ3n) is 4.82. The summed E-state index contributed by atoms with van der Waals surface area (Å²) in [4.78, 5) is 12.5. The highest BCUT2D eigenvalue weighted by Gasteiger charge is 2.18. The molecule has 2 amide bonds. The van der Waals surface area contributed by atoms with Gasteiger partial charge in [0.05, 0.1) is 32.4 Å². The van der Waals surface area contributed by atoms with Crippen molar-refractivity contribution >= 4 is 6.03 Å². The van der Waals surface area contributed by atoms with Crippen LogP contribution < -0.4 is 24.8 Å². The van der Waals surface area contributed by atoms with Crippen LogP contribution in [0.1, 0.15) is 49.0 Å². The average Bonchev–Trinajstić information content (AvgIpc) is 2.92. The summed E-state index contributed by atoms with van der Waals surface area (Å²) in [7, 11) is 1.63. The molecule has 0 fully saturated rings. The van der Waals surface area contributed by atoms with Crippen LogP contribution in [0.25, 0.3) is 0 Å². The maximum absolute atomic E-state index is 12.5. The Kier molecular flexibility index (Phi) is 6.29. The van der Waals surface area contributed by atoms with Gasteiger partial charge in [-0.25, -0.2) is 4.79 Å². The summed E-state index contributed by atoms with van der Waals surface area (Å²) < 4.78 is 16.8. The maximum Gasteiger partial charge on any atom is 0.315 e. The number of hydrogen-bond acceptors (Lipinski definition) is 4. The first-order valence-electron chi connectivity index (χ1n) is 9.59. The molecular weight excluding hydrogens is 356 g/mol. The molecule has 1 heterocycles. The lowest BCUT2D eigenvalue weighted by Crippen LogP contribution is -2.38. The second-order valence-corrected chi connectivity index (χ2v) is 7.06. The van der Waals surface area contributed by atoms with Crippen LogP contribution in [0.5, 0.6) is 17.2 Å². The van der Waals surface area contributed by atoms with Crippen molar-refractivity contribution in [2.45, 2.75) is 39.3 Å². The van der Waals surface area contributed by atoms with Gasteiger partial charge in [-0.2, -0.15) is 0 Å². The fraction of sp³-hybridized carbons (Fsp3) is 0.409. The average molecular weight is 384 g/mol. The Balaban J connectivity index is 1.64. The number of carbonyl (C=O) groups is 1. The number of nitrogens with one attached hydrogen (secondary N) is 2. The number of hydrogen-bond donors (Lipinski definition) is 2. The summed E-state index contributed by atoms with van der Waals surface area (Å²) in [6.07, 6.45) is 0.862. The van der Waals surface area contributed by atoms with Gasteiger partial charge in [-0.3, -0.25) is 0 Å². The molecule has 6 heteroatoms. The summed E-state index contributed by atoms with van der Waals surface area (Å²) >= 11 is 0. The number of methoxy groups -OCH3 is 1. The molecule has 0 bridgehead atoms. The van der Waals surface area contributed by atoms with Crippen molar-refractivity contribution in [1.29, 1.82) is 0 Å². The molecule has 3 rings (SSSR count). The zero-order valence-electron chi connectivity index (χ0n) is 16.9. The molecule has 2 N–H and O–H groups in total. The minimum absolute atomic E-state index is 0.177. The van der Waals surface area contributed by atoms with E-state index in [0.29, 0.717) is 13.2 Å². The molecule has 2 unspecified atom stereocenters. The number of fused-ring (bicyclic) bond motifs is 1. The van der Waals surface area contributed by atoms with Crippen molar-refractivity contribution in [2.75, 3.05) is 20.3 Å². The van der Waals surface area contributed by atoms with Crippen LogP contribution in [0.15, 0.2) is 36.4 Å². The fourth-order valence-corrected chi connectivity index (χ4v) is 3.24. The molecule has 0 aliphatic carbocycles. The van der Waals surface area contributed by atoms with Crippen LogP contribution in [-0.4, -0.2) is 26.4 Å². The van der Waals surface area contributed by atoms with E-state index in [1.165, 1.54) is 0 Å². The lowest BCUT2D eigenvalue weighted by Gasteiger charge is -2.21. The van der Waals surface area contributed by atoms with E-state index in [9.17, 15) is 4.79 Å². The number of amides is 2. The molecule has 2 aromatic carbocycles. The number of carbonyl (C=O) groups excluding carboxylic acids is 1.